The van der Waals surface area contributed by atoms with Crippen LogP contribution in [0.1, 0.15) is 21.8 Å². The molecule has 0 bridgehead atoms. The highest BCUT2D eigenvalue weighted by molar-refractivity contribution is 6.08. The van der Waals surface area contributed by atoms with Gasteiger partial charge in [-0.3, -0.25) is 19.9 Å². The number of carbonyl (C=O) groups excluding carboxylic acids is 1. The number of rotatable bonds is 8. The summed E-state index contributed by atoms with van der Waals surface area (Å²) in [6, 6.07) is 12.9. The number of para-hydroxylation sites is 1. The van der Waals surface area contributed by atoms with Crippen LogP contribution in [0.4, 0.5) is 11.4 Å². The molecule has 0 atom stereocenters. The number of hydrogen-bond acceptors (Lipinski definition) is 9. The van der Waals surface area contributed by atoms with E-state index in [4.69, 9.17) is 14.0 Å². The Morgan fingerprint density at radius 1 is 1.09 bits per heavy atom. The Labute approximate surface area is 193 Å². The lowest BCUT2D eigenvalue weighted by Gasteiger charge is -2.12. The predicted molar refractivity (Wildman–Crippen MR) is 121 cm³/mol. The molecule has 0 saturated heterocycles. The second kappa shape index (κ2) is 9.77. The monoisotopic (exact) mass is 461 g/mol. The summed E-state index contributed by atoms with van der Waals surface area (Å²) >= 11 is 0. The van der Waals surface area contributed by atoms with Crippen molar-refractivity contribution in [3.63, 3.8) is 0 Å². The number of pyridine rings is 1. The van der Waals surface area contributed by atoms with E-state index in [1.165, 1.54) is 20.3 Å². The number of ether oxygens (including phenoxy) is 2. The van der Waals surface area contributed by atoms with Gasteiger partial charge in [-0.1, -0.05) is 23.4 Å². The molecule has 0 aliphatic rings. The lowest BCUT2D eigenvalue weighted by Crippen LogP contribution is -2.15. The maximum atomic E-state index is 13.0. The van der Waals surface area contributed by atoms with Gasteiger partial charge in [0.15, 0.2) is 11.5 Å². The third kappa shape index (κ3) is 4.67. The fourth-order valence-corrected chi connectivity index (χ4v) is 3.30. The number of aromatic nitrogens is 3. The lowest BCUT2D eigenvalue weighted by molar-refractivity contribution is -0.385. The molecule has 0 unspecified atom stereocenters. The molecule has 0 saturated carbocycles. The first-order chi connectivity index (χ1) is 16.5. The molecule has 2 aromatic heterocycles. The minimum atomic E-state index is -0.678. The lowest BCUT2D eigenvalue weighted by atomic mass is 10.1. The van der Waals surface area contributed by atoms with Gasteiger partial charge < -0.3 is 19.3 Å². The van der Waals surface area contributed by atoms with Crippen LogP contribution < -0.4 is 14.8 Å². The first-order valence-electron chi connectivity index (χ1n) is 10.0. The van der Waals surface area contributed by atoms with Gasteiger partial charge in [-0.2, -0.15) is 4.98 Å². The molecule has 0 radical (unpaired) electrons. The molecule has 4 aromatic rings. The van der Waals surface area contributed by atoms with E-state index >= 15 is 0 Å². The van der Waals surface area contributed by atoms with Crippen molar-refractivity contribution in [3.05, 3.63) is 88.1 Å². The van der Waals surface area contributed by atoms with Gasteiger partial charge >= 0.3 is 0 Å². The van der Waals surface area contributed by atoms with Crippen molar-refractivity contribution in [2.45, 2.75) is 6.42 Å². The minimum absolute atomic E-state index is 0.146. The van der Waals surface area contributed by atoms with Crippen LogP contribution in [0.25, 0.3) is 11.4 Å². The van der Waals surface area contributed by atoms with Crippen LogP contribution in [-0.2, 0) is 6.42 Å². The van der Waals surface area contributed by atoms with Crippen LogP contribution in [0, 0.1) is 10.1 Å². The number of amides is 1. The van der Waals surface area contributed by atoms with Crippen molar-refractivity contribution >= 4 is 17.3 Å². The topological polar surface area (TPSA) is 143 Å². The van der Waals surface area contributed by atoms with Gasteiger partial charge in [0.05, 0.1) is 31.6 Å². The van der Waals surface area contributed by atoms with Gasteiger partial charge in [-0.25, -0.2) is 0 Å². The van der Waals surface area contributed by atoms with Crippen molar-refractivity contribution < 1.29 is 23.7 Å². The highest BCUT2D eigenvalue weighted by Gasteiger charge is 2.25. The van der Waals surface area contributed by atoms with Crippen LogP contribution in [0.5, 0.6) is 11.5 Å². The van der Waals surface area contributed by atoms with Crippen molar-refractivity contribution in [1.82, 2.24) is 15.1 Å². The molecule has 1 N–H and O–H groups in total. The summed E-state index contributed by atoms with van der Waals surface area (Å²) < 4.78 is 15.7. The first-order valence-corrected chi connectivity index (χ1v) is 10.0. The van der Waals surface area contributed by atoms with Crippen molar-refractivity contribution in [2.75, 3.05) is 19.5 Å². The van der Waals surface area contributed by atoms with E-state index in [9.17, 15) is 14.9 Å². The standard InChI is InChI=1S/C23H19N5O6/c1-32-19-12-16(18(28(30)31)13-20(19)33-2)23(29)25-17-6-4-3-5-15(17)11-21-26-22(27-34-21)14-7-9-24-10-8-14/h3-10,12-13H,11H2,1-2H3,(H,25,29). The molecule has 0 fully saturated rings. The zero-order chi connectivity index (χ0) is 24.1. The highest BCUT2D eigenvalue weighted by Crippen LogP contribution is 2.35. The Morgan fingerprint density at radius 3 is 2.50 bits per heavy atom. The number of nitrogens with zero attached hydrogens (tertiary/aromatic N) is 4. The third-order valence-electron chi connectivity index (χ3n) is 4.96. The van der Waals surface area contributed by atoms with Crippen LogP contribution in [-0.4, -0.2) is 40.2 Å². The molecule has 0 spiro atoms. The number of hydrogen-bond donors (Lipinski definition) is 1. The summed E-state index contributed by atoms with van der Waals surface area (Å²) in [6.45, 7) is 0. The maximum Gasteiger partial charge on any atom is 0.286 e. The largest absolute Gasteiger partial charge is 0.493 e. The number of nitro benzene ring substituents is 1. The average molecular weight is 461 g/mol. The Kier molecular flexibility index (Phi) is 6.44. The van der Waals surface area contributed by atoms with Gasteiger partial charge in [-0.05, 0) is 23.8 Å². The Bertz CT molecular complexity index is 1340. The van der Waals surface area contributed by atoms with Crippen molar-refractivity contribution in [1.29, 1.82) is 0 Å². The number of carbonyl (C=O) groups is 1. The quantitative estimate of drug-likeness (QED) is 0.305. The Morgan fingerprint density at radius 2 is 1.79 bits per heavy atom. The summed E-state index contributed by atoms with van der Waals surface area (Å²) in [5.74, 6) is 0.419. The van der Waals surface area contributed by atoms with Gasteiger partial charge in [0.25, 0.3) is 11.6 Å². The number of methoxy groups -OCH3 is 2. The molecular formula is C23H19N5O6. The van der Waals surface area contributed by atoms with E-state index in [2.05, 4.69) is 20.4 Å². The SMILES string of the molecule is COc1cc(C(=O)Nc2ccccc2Cc2nc(-c3ccncc3)no2)c([N+](=O)[O-])cc1OC. The van der Waals surface area contributed by atoms with E-state index in [1.54, 1.807) is 48.8 Å². The molecule has 11 nitrogen and oxygen atoms in total. The molecule has 4 rings (SSSR count). The maximum absolute atomic E-state index is 13.0. The van der Waals surface area contributed by atoms with Crippen LogP contribution >= 0.6 is 0 Å². The van der Waals surface area contributed by atoms with Gasteiger partial charge in [0.1, 0.15) is 5.56 Å². The van der Waals surface area contributed by atoms with Crippen LogP contribution in [0.2, 0.25) is 0 Å². The van der Waals surface area contributed by atoms with Gasteiger partial charge in [0, 0.05) is 29.7 Å². The van der Waals surface area contributed by atoms with Gasteiger partial charge in [0.2, 0.25) is 11.7 Å². The number of nitro groups is 1. The molecule has 172 valence electrons. The summed E-state index contributed by atoms with van der Waals surface area (Å²) in [5.41, 5.74) is 1.30. The smallest absolute Gasteiger partial charge is 0.286 e. The fraction of sp³-hybridized carbons (Fsp3) is 0.130. The molecule has 0 aliphatic heterocycles. The Balaban J connectivity index is 1.60. The summed E-state index contributed by atoms with van der Waals surface area (Å²) in [5, 5.41) is 18.3. The average Bonchev–Trinajstić information content (AvgIpc) is 3.33. The molecule has 34 heavy (non-hydrogen) atoms. The predicted octanol–water partition coefficient (Wildman–Crippen LogP) is 3.90. The normalized spacial score (nSPS) is 10.5. The van der Waals surface area contributed by atoms with E-state index in [-0.39, 0.29) is 23.5 Å². The van der Waals surface area contributed by atoms with E-state index < -0.39 is 16.5 Å². The zero-order valence-electron chi connectivity index (χ0n) is 18.2. The second-order valence-electron chi connectivity index (χ2n) is 7.02. The van der Waals surface area contributed by atoms with Crippen molar-refractivity contribution in [3.8, 4) is 22.9 Å². The molecular weight excluding hydrogens is 442 g/mol. The number of anilines is 1. The Hall–Kier alpha value is -4.80. The van der Waals surface area contributed by atoms with E-state index in [0.717, 1.165) is 11.6 Å². The van der Waals surface area contributed by atoms with E-state index in [1.807, 2.05) is 0 Å². The summed E-state index contributed by atoms with van der Waals surface area (Å²) in [6.07, 6.45) is 3.50. The fourth-order valence-electron chi connectivity index (χ4n) is 3.30. The number of benzene rings is 2. The second-order valence-corrected chi connectivity index (χ2v) is 7.02. The summed E-state index contributed by atoms with van der Waals surface area (Å²) in [4.78, 5) is 32.3. The van der Waals surface area contributed by atoms with E-state index in [0.29, 0.717) is 23.0 Å². The molecule has 2 aromatic carbocycles. The zero-order valence-corrected chi connectivity index (χ0v) is 18.2. The molecule has 2 heterocycles. The number of nitrogens with one attached hydrogen (secondary N) is 1. The van der Waals surface area contributed by atoms with Crippen molar-refractivity contribution in [2.24, 2.45) is 0 Å². The minimum Gasteiger partial charge on any atom is -0.493 e. The highest BCUT2D eigenvalue weighted by atomic mass is 16.6. The molecule has 11 heteroatoms. The third-order valence-corrected chi connectivity index (χ3v) is 4.96. The van der Waals surface area contributed by atoms with Gasteiger partial charge in [-0.15, -0.1) is 0 Å². The summed E-state index contributed by atoms with van der Waals surface area (Å²) in [7, 11) is 2.74. The van der Waals surface area contributed by atoms with Crippen LogP contribution in [0.3, 0.4) is 0 Å². The molecule has 0 aliphatic carbocycles. The molecule has 1 amide bonds. The van der Waals surface area contributed by atoms with Crippen LogP contribution in [0.15, 0.2) is 65.4 Å². The first kappa shape index (κ1) is 22.4.